The van der Waals surface area contributed by atoms with Crippen LogP contribution in [0.15, 0.2) is 36.7 Å². The molecule has 1 fully saturated rings. The van der Waals surface area contributed by atoms with Gasteiger partial charge in [0.25, 0.3) is 5.91 Å². The minimum absolute atomic E-state index is 0.0461. The lowest BCUT2D eigenvalue weighted by Crippen LogP contribution is -2.54. The SMILES string of the molecule is C[C@@H]1CN(c2ccc(C(=O)Nc3cc(F)c4nn(C)cc4c3)c3nc(OCCNC(N)=O)ncc23)C[C@@H](C)N1. The van der Waals surface area contributed by atoms with E-state index in [1.807, 2.05) is 6.07 Å². The molecular weight excluding hydrogens is 505 g/mol. The molecule has 0 aliphatic carbocycles. The van der Waals surface area contributed by atoms with Crippen molar-refractivity contribution in [3.8, 4) is 6.01 Å². The first-order chi connectivity index (χ1) is 18.7. The molecule has 0 unspecified atom stereocenters. The maximum Gasteiger partial charge on any atom is 0.317 e. The Labute approximate surface area is 223 Å². The number of piperazine rings is 1. The normalized spacial score (nSPS) is 17.4. The van der Waals surface area contributed by atoms with E-state index in [0.29, 0.717) is 22.0 Å². The molecule has 0 saturated carbocycles. The van der Waals surface area contributed by atoms with E-state index in [0.717, 1.165) is 18.8 Å². The summed E-state index contributed by atoms with van der Waals surface area (Å²) < 4.78 is 21.7. The molecule has 4 aromatic rings. The molecule has 0 bridgehead atoms. The summed E-state index contributed by atoms with van der Waals surface area (Å²) in [6, 6.07) is 6.41. The zero-order valence-electron chi connectivity index (χ0n) is 21.9. The number of nitrogens with two attached hydrogens (primary N) is 1. The van der Waals surface area contributed by atoms with Gasteiger partial charge in [-0.3, -0.25) is 9.48 Å². The van der Waals surface area contributed by atoms with Gasteiger partial charge in [-0.05, 0) is 38.1 Å². The van der Waals surface area contributed by atoms with E-state index >= 15 is 0 Å². The Hall–Kier alpha value is -4.52. The van der Waals surface area contributed by atoms with E-state index in [2.05, 4.69) is 49.8 Å². The quantitative estimate of drug-likeness (QED) is 0.263. The Morgan fingerprint density at radius 3 is 2.72 bits per heavy atom. The number of nitrogens with zero attached hydrogens (tertiary/aromatic N) is 5. The summed E-state index contributed by atoms with van der Waals surface area (Å²) in [5.74, 6) is -0.996. The van der Waals surface area contributed by atoms with Gasteiger partial charge >= 0.3 is 12.0 Å². The summed E-state index contributed by atoms with van der Waals surface area (Å²) in [6.45, 7) is 6.04. The lowest BCUT2D eigenvalue weighted by molar-refractivity contribution is 0.102. The van der Waals surface area contributed by atoms with Crippen molar-refractivity contribution in [3.63, 3.8) is 0 Å². The third-order valence-electron chi connectivity index (χ3n) is 6.42. The van der Waals surface area contributed by atoms with Crippen molar-refractivity contribution >= 4 is 45.1 Å². The van der Waals surface area contributed by atoms with Crippen LogP contribution in [-0.2, 0) is 7.05 Å². The number of aromatic nitrogens is 4. The third kappa shape index (κ3) is 5.67. The van der Waals surface area contributed by atoms with Gasteiger partial charge in [-0.15, -0.1) is 0 Å². The van der Waals surface area contributed by atoms with Crippen molar-refractivity contribution in [1.29, 1.82) is 0 Å². The molecule has 0 radical (unpaired) electrons. The highest BCUT2D eigenvalue weighted by atomic mass is 19.1. The van der Waals surface area contributed by atoms with E-state index in [1.165, 1.54) is 10.7 Å². The van der Waals surface area contributed by atoms with Crippen LogP contribution in [-0.4, -0.2) is 70.0 Å². The van der Waals surface area contributed by atoms with Gasteiger partial charge in [0.05, 0.1) is 17.6 Å². The van der Waals surface area contributed by atoms with Crippen molar-refractivity contribution in [2.75, 3.05) is 36.5 Å². The molecule has 1 aliphatic heterocycles. The number of hydrogen-bond donors (Lipinski definition) is 4. The lowest BCUT2D eigenvalue weighted by Gasteiger charge is -2.38. The number of halogens is 1. The summed E-state index contributed by atoms with van der Waals surface area (Å²) in [6.07, 6.45) is 3.31. The van der Waals surface area contributed by atoms with Crippen LogP contribution < -0.4 is 31.3 Å². The number of carbonyl (C=O) groups excluding carboxylic acids is 2. The smallest absolute Gasteiger partial charge is 0.317 e. The van der Waals surface area contributed by atoms with Crippen molar-refractivity contribution in [1.82, 2.24) is 30.4 Å². The van der Waals surface area contributed by atoms with Crippen LogP contribution in [0.2, 0.25) is 0 Å². The molecule has 1 aliphatic rings. The van der Waals surface area contributed by atoms with Crippen molar-refractivity contribution < 1.29 is 18.7 Å². The number of fused-ring (bicyclic) bond motifs is 2. The lowest BCUT2D eigenvalue weighted by atomic mass is 10.0. The van der Waals surface area contributed by atoms with Crippen LogP contribution in [0.1, 0.15) is 24.2 Å². The molecule has 204 valence electrons. The number of ether oxygens (including phenoxy) is 1. The van der Waals surface area contributed by atoms with Gasteiger partial charge in [0.15, 0.2) is 5.82 Å². The van der Waals surface area contributed by atoms with Gasteiger partial charge in [0.1, 0.15) is 12.1 Å². The summed E-state index contributed by atoms with van der Waals surface area (Å²) >= 11 is 0. The molecule has 39 heavy (non-hydrogen) atoms. The second-order valence-corrected chi connectivity index (χ2v) is 9.71. The minimum Gasteiger partial charge on any atom is -0.462 e. The van der Waals surface area contributed by atoms with Crippen LogP contribution in [0.4, 0.5) is 20.6 Å². The first-order valence-electron chi connectivity index (χ1n) is 12.6. The van der Waals surface area contributed by atoms with Crippen molar-refractivity contribution in [2.45, 2.75) is 25.9 Å². The topological polar surface area (TPSA) is 152 Å². The number of primary amides is 1. The summed E-state index contributed by atoms with van der Waals surface area (Å²) in [5.41, 5.74) is 7.17. The van der Waals surface area contributed by atoms with E-state index in [1.54, 1.807) is 31.6 Å². The number of anilines is 2. The Morgan fingerprint density at radius 1 is 1.21 bits per heavy atom. The Kier molecular flexibility index (Phi) is 7.15. The van der Waals surface area contributed by atoms with Gasteiger partial charge in [-0.25, -0.2) is 14.2 Å². The van der Waals surface area contributed by atoms with E-state index < -0.39 is 17.8 Å². The van der Waals surface area contributed by atoms with Crippen LogP contribution in [0.25, 0.3) is 21.8 Å². The van der Waals surface area contributed by atoms with Gasteiger partial charge in [0.2, 0.25) is 0 Å². The first kappa shape index (κ1) is 26.1. The third-order valence-corrected chi connectivity index (χ3v) is 6.42. The maximum absolute atomic E-state index is 14.6. The molecular formula is C26H30FN9O3. The summed E-state index contributed by atoms with van der Waals surface area (Å²) in [5, 5.41) is 14.1. The van der Waals surface area contributed by atoms with Crippen LogP contribution in [0, 0.1) is 5.82 Å². The Morgan fingerprint density at radius 2 is 1.97 bits per heavy atom. The fourth-order valence-corrected chi connectivity index (χ4v) is 4.94. The number of carbonyl (C=O) groups is 2. The Balaban J connectivity index is 1.50. The molecule has 2 atom stereocenters. The molecule has 3 heterocycles. The first-order valence-corrected chi connectivity index (χ1v) is 12.6. The standard InChI is InChI=1S/C26H30FN9O3/c1-14-11-36(12-15(2)31-14)21-5-4-18(23-19(21)10-30-26(33-23)39-7-6-29-25(28)38)24(37)32-17-8-16-13-35(3)34-22(16)20(27)9-17/h4-5,8-10,13-15,31H,6-7,11-12H2,1-3H3,(H,32,37)(H3,28,29,38)/t14-,15-/m1/s1. The molecule has 13 heteroatoms. The van der Waals surface area contributed by atoms with Crippen LogP contribution in [0.3, 0.4) is 0 Å². The van der Waals surface area contributed by atoms with Gasteiger partial charge in [-0.1, -0.05) is 0 Å². The molecule has 2 aromatic carbocycles. The number of aryl methyl sites for hydroxylation is 1. The summed E-state index contributed by atoms with van der Waals surface area (Å²) in [7, 11) is 1.70. The van der Waals surface area contributed by atoms with E-state index in [-0.39, 0.29) is 42.3 Å². The zero-order chi connectivity index (χ0) is 27.7. The minimum atomic E-state index is -0.665. The number of rotatable bonds is 7. The highest BCUT2D eigenvalue weighted by molar-refractivity contribution is 6.14. The summed E-state index contributed by atoms with van der Waals surface area (Å²) in [4.78, 5) is 35.5. The number of amides is 3. The van der Waals surface area contributed by atoms with Gasteiger partial charge in [0, 0.05) is 66.8 Å². The second kappa shape index (κ2) is 10.7. The fourth-order valence-electron chi connectivity index (χ4n) is 4.94. The van der Waals surface area contributed by atoms with Crippen molar-refractivity contribution in [2.24, 2.45) is 12.8 Å². The van der Waals surface area contributed by atoms with E-state index in [9.17, 15) is 14.0 Å². The average Bonchev–Trinajstić information content (AvgIpc) is 3.25. The number of benzene rings is 2. The van der Waals surface area contributed by atoms with Gasteiger partial charge in [-0.2, -0.15) is 10.1 Å². The van der Waals surface area contributed by atoms with E-state index in [4.69, 9.17) is 10.5 Å². The number of urea groups is 1. The predicted molar refractivity (Wildman–Crippen MR) is 146 cm³/mol. The molecule has 0 spiro atoms. The molecule has 1 saturated heterocycles. The largest absolute Gasteiger partial charge is 0.462 e. The molecule has 5 N–H and O–H groups in total. The van der Waals surface area contributed by atoms with Crippen LogP contribution >= 0.6 is 0 Å². The van der Waals surface area contributed by atoms with Crippen molar-refractivity contribution in [3.05, 3.63) is 48.0 Å². The highest BCUT2D eigenvalue weighted by Crippen LogP contribution is 2.31. The zero-order valence-corrected chi connectivity index (χ0v) is 21.9. The predicted octanol–water partition coefficient (Wildman–Crippen LogP) is 2.14. The second-order valence-electron chi connectivity index (χ2n) is 9.71. The number of hydrogen-bond acceptors (Lipinski definition) is 8. The van der Waals surface area contributed by atoms with Crippen LogP contribution in [0.5, 0.6) is 6.01 Å². The average molecular weight is 536 g/mol. The maximum atomic E-state index is 14.6. The molecule has 3 amide bonds. The monoisotopic (exact) mass is 535 g/mol. The number of nitrogens with one attached hydrogen (secondary N) is 3. The molecule has 12 nitrogen and oxygen atoms in total. The van der Waals surface area contributed by atoms with Gasteiger partial charge < -0.3 is 31.3 Å². The Bertz CT molecular complexity index is 1550. The highest BCUT2D eigenvalue weighted by Gasteiger charge is 2.25. The molecule has 2 aromatic heterocycles. The molecule has 5 rings (SSSR count). The fraction of sp³-hybridized carbons (Fsp3) is 0.346.